The van der Waals surface area contributed by atoms with E-state index in [0.29, 0.717) is 37.3 Å². The summed E-state index contributed by atoms with van der Waals surface area (Å²) >= 11 is 0. The van der Waals surface area contributed by atoms with Crippen LogP contribution in [-0.4, -0.2) is 59.7 Å². The summed E-state index contributed by atoms with van der Waals surface area (Å²) in [7, 11) is 0. The number of benzene rings is 1. The van der Waals surface area contributed by atoms with Crippen molar-refractivity contribution >= 4 is 17.7 Å². The minimum Gasteiger partial charge on any atom is -0.472 e. The monoisotopic (exact) mass is 355 g/mol. The molecule has 1 aliphatic heterocycles. The third-order valence-electron chi connectivity index (χ3n) is 4.40. The van der Waals surface area contributed by atoms with Crippen LogP contribution < -0.4 is 5.32 Å². The smallest absolute Gasteiger partial charge is 0.257 e. The lowest BCUT2D eigenvalue weighted by Gasteiger charge is -2.35. The van der Waals surface area contributed by atoms with Crippen molar-refractivity contribution in [1.82, 2.24) is 15.1 Å². The highest BCUT2D eigenvalue weighted by Crippen LogP contribution is 2.10. The molecule has 0 spiro atoms. The van der Waals surface area contributed by atoms with Crippen LogP contribution >= 0.6 is 0 Å². The van der Waals surface area contributed by atoms with Crippen LogP contribution in [0.5, 0.6) is 0 Å². The topological polar surface area (TPSA) is 82.9 Å². The molecule has 0 bridgehead atoms. The molecule has 2 heterocycles. The summed E-state index contributed by atoms with van der Waals surface area (Å²) in [5.41, 5.74) is 1.02. The Morgan fingerprint density at radius 3 is 2.23 bits per heavy atom. The van der Waals surface area contributed by atoms with Crippen LogP contribution in [-0.2, 0) is 4.79 Å². The zero-order valence-electron chi connectivity index (χ0n) is 14.6. The molecule has 1 N–H and O–H groups in total. The van der Waals surface area contributed by atoms with E-state index < -0.39 is 6.04 Å². The van der Waals surface area contributed by atoms with Crippen molar-refractivity contribution in [3.05, 3.63) is 60.1 Å². The quantitative estimate of drug-likeness (QED) is 0.898. The zero-order chi connectivity index (χ0) is 18.5. The van der Waals surface area contributed by atoms with Crippen molar-refractivity contribution in [2.75, 3.05) is 26.2 Å². The molecule has 7 nitrogen and oxygen atoms in total. The molecule has 1 unspecified atom stereocenters. The van der Waals surface area contributed by atoms with Crippen molar-refractivity contribution in [1.29, 1.82) is 0 Å². The average molecular weight is 355 g/mol. The van der Waals surface area contributed by atoms with E-state index in [1.165, 1.54) is 12.5 Å². The lowest BCUT2D eigenvalue weighted by molar-refractivity contribution is -0.134. The van der Waals surface area contributed by atoms with Crippen LogP contribution in [0, 0.1) is 0 Å². The molecule has 2 aromatic rings. The number of nitrogens with one attached hydrogen (secondary N) is 1. The maximum Gasteiger partial charge on any atom is 0.257 e. The van der Waals surface area contributed by atoms with Gasteiger partial charge < -0.3 is 19.5 Å². The fraction of sp³-hybridized carbons (Fsp3) is 0.316. The van der Waals surface area contributed by atoms with E-state index in [4.69, 9.17) is 4.42 Å². The van der Waals surface area contributed by atoms with Gasteiger partial charge in [0.1, 0.15) is 12.3 Å². The van der Waals surface area contributed by atoms with Crippen LogP contribution in [0.4, 0.5) is 0 Å². The van der Waals surface area contributed by atoms with Crippen LogP contribution in [0.2, 0.25) is 0 Å². The Balaban J connectivity index is 1.51. The summed E-state index contributed by atoms with van der Waals surface area (Å²) in [6.45, 7) is 3.46. The molecule has 1 atom stereocenters. The van der Waals surface area contributed by atoms with Gasteiger partial charge in [0.15, 0.2) is 0 Å². The first-order valence-corrected chi connectivity index (χ1v) is 8.52. The third-order valence-corrected chi connectivity index (χ3v) is 4.40. The Kier molecular flexibility index (Phi) is 5.36. The second-order valence-electron chi connectivity index (χ2n) is 6.19. The molecule has 7 heteroatoms. The number of hydrogen-bond donors (Lipinski definition) is 1. The second kappa shape index (κ2) is 7.86. The van der Waals surface area contributed by atoms with Crippen LogP contribution in [0.25, 0.3) is 0 Å². The Morgan fingerprint density at radius 2 is 1.62 bits per heavy atom. The van der Waals surface area contributed by atoms with Gasteiger partial charge >= 0.3 is 0 Å². The predicted octanol–water partition coefficient (Wildman–Crippen LogP) is 1.38. The highest BCUT2D eigenvalue weighted by molar-refractivity contribution is 5.97. The summed E-state index contributed by atoms with van der Waals surface area (Å²) in [5, 5.41) is 2.73. The first-order valence-electron chi connectivity index (χ1n) is 8.52. The van der Waals surface area contributed by atoms with Crippen molar-refractivity contribution in [2.45, 2.75) is 13.0 Å². The van der Waals surface area contributed by atoms with E-state index in [2.05, 4.69) is 5.32 Å². The molecule has 0 saturated carbocycles. The number of hydrogen-bond acceptors (Lipinski definition) is 4. The Labute approximate surface area is 151 Å². The molecule has 1 saturated heterocycles. The number of rotatable bonds is 4. The number of furan rings is 1. The van der Waals surface area contributed by atoms with Gasteiger partial charge in [0, 0.05) is 31.7 Å². The van der Waals surface area contributed by atoms with E-state index in [9.17, 15) is 14.4 Å². The van der Waals surface area contributed by atoms with Crippen molar-refractivity contribution < 1.29 is 18.8 Å². The number of carbonyl (C=O) groups excluding carboxylic acids is 3. The summed E-state index contributed by atoms with van der Waals surface area (Å²) < 4.78 is 4.94. The third kappa shape index (κ3) is 3.93. The van der Waals surface area contributed by atoms with Gasteiger partial charge in [-0.2, -0.15) is 0 Å². The van der Waals surface area contributed by atoms with Crippen LogP contribution in [0.15, 0.2) is 53.3 Å². The summed E-state index contributed by atoms with van der Waals surface area (Å²) in [6.07, 6.45) is 2.88. The van der Waals surface area contributed by atoms with Crippen LogP contribution in [0.1, 0.15) is 27.6 Å². The molecule has 0 radical (unpaired) electrons. The summed E-state index contributed by atoms with van der Waals surface area (Å²) in [5.74, 6) is -0.527. The SMILES string of the molecule is CC(NC(=O)c1ccccc1)C(=O)N1CCN(C(=O)c2ccoc2)CC1. The van der Waals surface area contributed by atoms with Gasteiger partial charge in [0.25, 0.3) is 11.8 Å². The van der Waals surface area contributed by atoms with E-state index in [1.807, 2.05) is 6.07 Å². The fourth-order valence-electron chi connectivity index (χ4n) is 2.90. The lowest BCUT2D eigenvalue weighted by Crippen LogP contribution is -2.55. The minimum absolute atomic E-state index is 0.101. The van der Waals surface area contributed by atoms with E-state index in [1.54, 1.807) is 47.1 Å². The molecule has 136 valence electrons. The fourth-order valence-corrected chi connectivity index (χ4v) is 2.90. The molecule has 1 aromatic carbocycles. The molecular formula is C19H21N3O4. The molecule has 3 amide bonds. The van der Waals surface area contributed by atoms with E-state index >= 15 is 0 Å². The predicted molar refractivity (Wildman–Crippen MR) is 94.6 cm³/mol. The van der Waals surface area contributed by atoms with Crippen LogP contribution in [0.3, 0.4) is 0 Å². The number of amides is 3. The van der Waals surface area contributed by atoms with Crippen molar-refractivity contribution in [2.24, 2.45) is 0 Å². The van der Waals surface area contributed by atoms with Crippen molar-refractivity contribution in [3.63, 3.8) is 0 Å². The number of piperazine rings is 1. The highest BCUT2D eigenvalue weighted by atomic mass is 16.3. The number of nitrogens with zero attached hydrogens (tertiary/aromatic N) is 2. The maximum absolute atomic E-state index is 12.6. The summed E-state index contributed by atoms with van der Waals surface area (Å²) in [6, 6.07) is 9.78. The van der Waals surface area contributed by atoms with Gasteiger partial charge in [-0.15, -0.1) is 0 Å². The highest BCUT2D eigenvalue weighted by Gasteiger charge is 2.28. The molecule has 0 aliphatic carbocycles. The van der Waals surface area contributed by atoms with E-state index in [-0.39, 0.29) is 17.7 Å². The van der Waals surface area contributed by atoms with Gasteiger partial charge in [-0.1, -0.05) is 18.2 Å². The summed E-state index contributed by atoms with van der Waals surface area (Å²) in [4.78, 5) is 40.4. The lowest BCUT2D eigenvalue weighted by atomic mass is 10.2. The second-order valence-corrected chi connectivity index (χ2v) is 6.19. The molecule has 1 aromatic heterocycles. The first kappa shape index (κ1) is 17.7. The van der Waals surface area contributed by atoms with Gasteiger partial charge in [-0.3, -0.25) is 14.4 Å². The molecule has 3 rings (SSSR count). The molecule has 1 aliphatic rings. The zero-order valence-corrected chi connectivity index (χ0v) is 14.6. The Morgan fingerprint density at radius 1 is 0.962 bits per heavy atom. The Hall–Kier alpha value is -3.09. The van der Waals surface area contributed by atoms with Gasteiger partial charge in [0.05, 0.1) is 11.8 Å². The van der Waals surface area contributed by atoms with Gasteiger partial charge in [0.2, 0.25) is 5.91 Å². The minimum atomic E-state index is -0.626. The molecular weight excluding hydrogens is 334 g/mol. The Bertz CT molecular complexity index is 765. The number of carbonyl (C=O) groups is 3. The maximum atomic E-state index is 12.6. The van der Waals surface area contributed by atoms with Gasteiger partial charge in [-0.05, 0) is 25.1 Å². The standard InChI is InChI=1S/C19H21N3O4/c1-14(20-17(23)15-5-3-2-4-6-15)18(24)21-8-10-22(11-9-21)19(25)16-7-12-26-13-16/h2-7,12-14H,8-11H2,1H3,(H,20,23). The normalized spacial score (nSPS) is 15.4. The first-order chi connectivity index (χ1) is 12.6. The molecule has 26 heavy (non-hydrogen) atoms. The largest absolute Gasteiger partial charge is 0.472 e. The van der Waals surface area contributed by atoms with E-state index in [0.717, 1.165) is 0 Å². The molecule has 1 fully saturated rings. The average Bonchev–Trinajstić information content (AvgIpc) is 3.22. The van der Waals surface area contributed by atoms with Gasteiger partial charge in [-0.25, -0.2) is 0 Å². The van der Waals surface area contributed by atoms with Crippen molar-refractivity contribution in [3.8, 4) is 0 Å².